The lowest BCUT2D eigenvalue weighted by Crippen LogP contribution is -2.40. The number of halogens is 4. The smallest absolute Gasteiger partial charge is 0.392 e. The van der Waals surface area contributed by atoms with Crippen molar-refractivity contribution in [3.05, 3.63) is 35.6 Å². The fourth-order valence-corrected chi connectivity index (χ4v) is 3.04. The molecule has 1 nitrogen and oxygen atoms in total. The van der Waals surface area contributed by atoms with Crippen LogP contribution >= 0.6 is 0 Å². The van der Waals surface area contributed by atoms with Crippen molar-refractivity contribution < 1.29 is 22.7 Å². The highest BCUT2D eigenvalue weighted by molar-refractivity contribution is 5.17. The van der Waals surface area contributed by atoms with Crippen molar-refractivity contribution in [1.82, 2.24) is 0 Å². The largest absolute Gasteiger partial charge is 0.392 e. The van der Waals surface area contributed by atoms with Crippen LogP contribution < -0.4 is 0 Å². The number of hydrogen-bond donors (Lipinski definition) is 1. The van der Waals surface area contributed by atoms with Crippen LogP contribution in [0, 0.1) is 17.7 Å². The number of benzene rings is 1. The first-order valence-corrected chi connectivity index (χ1v) is 6.87. The van der Waals surface area contributed by atoms with Gasteiger partial charge in [-0.2, -0.15) is 13.2 Å². The Morgan fingerprint density at radius 1 is 1.10 bits per heavy atom. The van der Waals surface area contributed by atoms with Crippen LogP contribution in [0.15, 0.2) is 24.3 Å². The lowest BCUT2D eigenvalue weighted by Gasteiger charge is -2.36. The van der Waals surface area contributed by atoms with Gasteiger partial charge in [-0.3, -0.25) is 0 Å². The van der Waals surface area contributed by atoms with Crippen LogP contribution in [-0.4, -0.2) is 17.4 Å². The molecular weight excluding hydrogens is 272 g/mol. The van der Waals surface area contributed by atoms with Crippen molar-refractivity contribution in [3.8, 4) is 0 Å². The minimum atomic E-state index is -4.26. The van der Waals surface area contributed by atoms with Crippen molar-refractivity contribution in [2.24, 2.45) is 11.8 Å². The van der Waals surface area contributed by atoms with Gasteiger partial charge in [-0.25, -0.2) is 4.39 Å². The Kier molecular flexibility index (Phi) is 4.68. The van der Waals surface area contributed by atoms with Gasteiger partial charge in [0.25, 0.3) is 0 Å². The summed E-state index contributed by atoms with van der Waals surface area (Å²) in [7, 11) is 0. The van der Waals surface area contributed by atoms with Gasteiger partial charge in [0.1, 0.15) is 5.82 Å². The highest BCUT2D eigenvalue weighted by atomic mass is 19.4. The first kappa shape index (κ1) is 15.3. The Morgan fingerprint density at radius 2 is 1.70 bits per heavy atom. The van der Waals surface area contributed by atoms with E-state index in [2.05, 4.69) is 0 Å². The summed E-state index contributed by atoms with van der Waals surface area (Å²) >= 11 is 0. The summed E-state index contributed by atoms with van der Waals surface area (Å²) in [6.45, 7) is 0. The van der Waals surface area contributed by atoms with E-state index in [0.29, 0.717) is 18.4 Å². The first-order valence-electron chi connectivity index (χ1n) is 6.87. The molecule has 5 heteroatoms. The van der Waals surface area contributed by atoms with Crippen LogP contribution in [0.25, 0.3) is 0 Å². The van der Waals surface area contributed by atoms with Gasteiger partial charge in [0, 0.05) is 0 Å². The third-order valence-corrected chi connectivity index (χ3v) is 4.09. The second-order valence-electron chi connectivity index (χ2n) is 5.49. The molecule has 0 amide bonds. The zero-order chi connectivity index (χ0) is 14.8. The standard InChI is InChI=1S/C15H18F4O/c16-11-7-5-10(6-8-11)9-14(20)12-3-1-2-4-13(12)15(17,18)19/h5-8,12-14,20H,1-4,9H2. The van der Waals surface area contributed by atoms with Crippen LogP contribution in [0.1, 0.15) is 31.2 Å². The molecule has 0 radical (unpaired) electrons. The van der Waals surface area contributed by atoms with E-state index in [1.54, 1.807) is 0 Å². The minimum absolute atomic E-state index is 0.0919. The molecule has 0 aliphatic heterocycles. The lowest BCUT2D eigenvalue weighted by atomic mass is 9.74. The minimum Gasteiger partial charge on any atom is -0.392 e. The van der Waals surface area contributed by atoms with Crippen molar-refractivity contribution in [2.45, 2.75) is 44.4 Å². The second kappa shape index (κ2) is 6.12. The van der Waals surface area contributed by atoms with Crippen molar-refractivity contribution >= 4 is 0 Å². The van der Waals surface area contributed by atoms with E-state index in [1.807, 2.05) is 0 Å². The number of rotatable bonds is 3. The Morgan fingerprint density at radius 3 is 2.30 bits per heavy atom. The maximum Gasteiger partial charge on any atom is 0.392 e. The summed E-state index contributed by atoms with van der Waals surface area (Å²) in [4.78, 5) is 0. The van der Waals surface area contributed by atoms with Crippen LogP contribution in [0.2, 0.25) is 0 Å². The Bertz CT molecular complexity index is 426. The quantitative estimate of drug-likeness (QED) is 0.831. The van der Waals surface area contributed by atoms with Crippen molar-refractivity contribution in [2.75, 3.05) is 0 Å². The molecule has 1 saturated carbocycles. The Hall–Kier alpha value is -1.10. The number of alkyl halides is 3. The SMILES string of the molecule is OC(Cc1ccc(F)cc1)C1CCCCC1C(F)(F)F. The average molecular weight is 290 g/mol. The van der Waals surface area contributed by atoms with E-state index in [-0.39, 0.29) is 12.8 Å². The third kappa shape index (κ3) is 3.72. The molecule has 0 spiro atoms. The maximum absolute atomic E-state index is 13.0. The highest BCUT2D eigenvalue weighted by Crippen LogP contribution is 2.43. The van der Waals surface area contributed by atoms with E-state index >= 15 is 0 Å². The van der Waals surface area contributed by atoms with Crippen molar-refractivity contribution in [3.63, 3.8) is 0 Å². The van der Waals surface area contributed by atoms with Gasteiger partial charge in [0.2, 0.25) is 0 Å². The molecule has 3 atom stereocenters. The molecule has 3 unspecified atom stereocenters. The number of hydrogen-bond acceptors (Lipinski definition) is 1. The van der Waals surface area contributed by atoms with Gasteiger partial charge in [-0.1, -0.05) is 25.0 Å². The van der Waals surface area contributed by atoms with Crippen LogP contribution in [0.5, 0.6) is 0 Å². The zero-order valence-corrected chi connectivity index (χ0v) is 11.0. The molecule has 1 aliphatic carbocycles. The third-order valence-electron chi connectivity index (χ3n) is 4.09. The van der Waals surface area contributed by atoms with Crippen molar-refractivity contribution in [1.29, 1.82) is 0 Å². The molecule has 1 N–H and O–H groups in total. The fraction of sp³-hybridized carbons (Fsp3) is 0.600. The summed E-state index contributed by atoms with van der Waals surface area (Å²) in [5, 5.41) is 10.1. The van der Waals surface area contributed by atoms with Gasteiger partial charge in [-0.15, -0.1) is 0 Å². The zero-order valence-electron chi connectivity index (χ0n) is 11.0. The van der Waals surface area contributed by atoms with Gasteiger partial charge in [0.05, 0.1) is 12.0 Å². The van der Waals surface area contributed by atoms with E-state index in [1.165, 1.54) is 24.3 Å². The average Bonchev–Trinajstić information content (AvgIpc) is 2.40. The maximum atomic E-state index is 13.0. The number of aliphatic hydroxyl groups excluding tert-OH is 1. The van der Waals surface area contributed by atoms with E-state index in [4.69, 9.17) is 0 Å². The molecule has 1 aromatic rings. The summed E-state index contributed by atoms with van der Waals surface area (Å²) in [5.74, 6) is -2.57. The molecule has 0 heterocycles. The molecule has 1 aromatic carbocycles. The number of aliphatic hydroxyl groups is 1. The van der Waals surface area contributed by atoms with E-state index in [9.17, 15) is 22.7 Å². The molecule has 1 aliphatic rings. The Balaban J connectivity index is 2.06. The molecule has 0 bridgehead atoms. The predicted molar refractivity (Wildman–Crippen MR) is 67.6 cm³/mol. The van der Waals surface area contributed by atoms with Gasteiger partial charge < -0.3 is 5.11 Å². The Labute approximate surface area is 115 Å². The molecule has 2 rings (SSSR count). The van der Waals surface area contributed by atoms with Gasteiger partial charge in [0.15, 0.2) is 0 Å². The molecule has 0 saturated heterocycles. The first-order chi connectivity index (χ1) is 9.38. The molecule has 112 valence electrons. The molecule has 20 heavy (non-hydrogen) atoms. The highest BCUT2D eigenvalue weighted by Gasteiger charge is 2.47. The fourth-order valence-electron chi connectivity index (χ4n) is 3.04. The van der Waals surface area contributed by atoms with Gasteiger partial charge in [-0.05, 0) is 42.9 Å². The molecule has 1 fully saturated rings. The van der Waals surface area contributed by atoms with Gasteiger partial charge >= 0.3 is 6.18 Å². The second-order valence-corrected chi connectivity index (χ2v) is 5.49. The molecule has 0 aromatic heterocycles. The summed E-state index contributed by atoms with van der Waals surface area (Å²) in [5.41, 5.74) is 0.658. The van der Waals surface area contributed by atoms with Crippen LogP contribution in [0.3, 0.4) is 0 Å². The predicted octanol–water partition coefficient (Wildman–Crippen LogP) is 4.10. The topological polar surface area (TPSA) is 20.2 Å². The lowest BCUT2D eigenvalue weighted by molar-refractivity contribution is -0.206. The molecular formula is C15H18F4O. The van der Waals surface area contributed by atoms with Crippen LogP contribution in [-0.2, 0) is 6.42 Å². The van der Waals surface area contributed by atoms with E-state index < -0.39 is 29.9 Å². The monoisotopic (exact) mass is 290 g/mol. The summed E-state index contributed by atoms with van der Waals surface area (Å²) < 4.78 is 51.7. The normalized spacial score (nSPS) is 25.4. The van der Waals surface area contributed by atoms with E-state index in [0.717, 1.165) is 6.42 Å². The summed E-state index contributed by atoms with van der Waals surface area (Å²) in [6, 6.07) is 5.52. The van der Waals surface area contributed by atoms with Crippen LogP contribution in [0.4, 0.5) is 17.6 Å². The summed E-state index contributed by atoms with van der Waals surface area (Å²) in [6.07, 6.45) is -3.39.